The van der Waals surface area contributed by atoms with Gasteiger partial charge in [-0.1, -0.05) is 66.7 Å². The molecule has 8 heteroatoms. The minimum absolute atomic E-state index is 0.219. The number of rotatable bonds is 7. The number of carbonyl (C=O) groups excluding carboxylic acids is 2. The zero-order valence-corrected chi connectivity index (χ0v) is 25.9. The van der Waals surface area contributed by atoms with Crippen LogP contribution in [0.2, 0.25) is 0 Å². The lowest BCUT2D eigenvalue weighted by Crippen LogP contribution is -2.57. The fraction of sp³-hybridized carbons (Fsp3) is 0.297. The van der Waals surface area contributed by atoms with Crippen LogP contribution in [0.3, 0.4) is 0 Å². The van der Waals surface area contributed by atoms with E-state index < -0.39 is 18.2 Å². The summed E-state index contributed by atoms with van der Waals surface area (Å²) in [5, 5.41) is 2.94. The molecule has 4 aromatic rings. The van der Waals surface area contributed by atoms with Gasteiger partial charge in [0.25, 0.3) is 5.91 Å². The van der Waals surface area contributed by atoms with E-state index in [4.69, 9.17) is 14.2 Å². The van der Waals surface area contributed by atoms with Gasteiger partial charge in [-0.25, -0.2) is 4.79 Å². The third kappa shape index (κ3) is 6.05. The van der Waals surface area contributed by atoms with Crippen LogP contribution in [0.25, 0.3) is 0 Å². The fourth-order valence-corrected chi connectivity index (χ4v) is 6.62. The Morgan fingerprint density at radius 1 is 0.822 bits per heavy atom. The van der Waals surface area contributed by atoms with Crippen molar-refractivity contribution >= 4 is 23.4 Å². The molecule has 2 amide bonds. The number of benzene rings is 4. The quantitative estimate of drug-likeness (QED) is 0.246. The molecule has 2 aliphatic heterocycles. The maximum absolute atomic E-state index is 14.4. The second-order valence-electron chi connectivity index (χ2n) is 11.5. The lowest BCUT2D eigenvalue weighted by Gasteiger charge is -2.48. The number of nitrogens with one attached hydrogen (secondary N) is 1. The molecular weight excluding hydrogens is 566 g/mol. The number of amides is 2. The number of aryl methyl sites for hydroxylation is 1. The van der Waals surface area contributed by atoms with Gasteiger partial charge in [0.1, 0.15) is 6.10 Å². The van der Waals surface area contributed by atoms with Crippen LogP contribution in [-0.2, 0) is 17.7 Å². The first-order valence-electron chi connectivity index (χ1n) is 15.5. The number of hydrogen-bond donors (Lipinski definition) is 1. The van der Waals surface area contributed by atoms with Gasteiger partial charge in [-0.15, -0.1) is 0 Å². The van der Waals surface area contributed by atoms with Crippen LogP contribution in [-0.4, -0.2) is 44.9 Å². The lowest BCUT2D eigenvalue weighted by molar-refractivity contribution is 0.0575. The highest BCUT2D eigenvalue weighted by molar-refractivity contribution is 6.08. The molecule has 0 saturated heterocycles. The Bertz CT molecular complexity index is 1660. The molecule has 0 aromatic heterocycles. The first-order valence-corrected chi connectivity index (χ1v) is 15.5. The van der Waals surface area contributed by atoms with E-state index in [0.29, 0.717) is 23.6 Å². The van der Waals surface area contributed by atoms with Crippen molar-refractivity contribution in [1.82, 2.24) is 5.32 Å². The van der Waals surface area contributed by atoms with E-state index in [1.54, 1.807) is 37.3 Å². The molecule has 0 fully saturated rings. The molecule has 0 spiro atoms. The van der Waals surface area contributed by atoms with Gasteiger partial charge in [-0.05, 0) is 67.6 Å². The lowest BCUT2D eigenvalue weighted by atomic mass is 9.86. The van der Waals surface area contributed by atoms with Gasteiger partial charge in [0.2, 0.25) is 0 Å². The van der Waals surface area contributed by atoms with Crippen LogP contribution in [0.15, 0.2) is 97.1 Å². The van der Waals surface area contributed by atoms with Gasteiger partial charge in [0, 0.05) is 35.6 Å². The second kappa shape index (κ2) is 13.3. The number of carbonyl (C=O) groups is 2. The van der Waals surface area contributed by atoms with Crippen molar-refractivity contribution in [1.29, 1.82) is 0 Å². The van der Waals surface area contributed by atoms with Crippen molar-refractivity contribution in [3.8, 4) is 11.5 Å². The first-order chi connectivity index (χ1) is 22.0. The van der Waals surface area contributed by atoms with Gasteiger partial charge in [-0.2, -0.15) is 0 Å². The maximum Gasteiger partial charge on any atom is 0.407 e. The highest BCUT2D eigenvalue weighted by Gasteiger charge is 2.47. The predicted octanol–water partition coefficient (Wildman–Crippen LogP) is 6.93. The summed E-state index contributed by atoms with van der Waals surface area (Å²) >= 11 is 0. The Labute approximate surface area is 264 Å². The summed E-state index contributed by atoms with van der Waals surface area (Å²) in [4.78, 5) is 32.0. The summed E-state index contributed by atoms with van der Waals surface area (Å²) in [5.41, 5.74) is 5.55. The van der Waals surface area contributed by atoms with Crippen molar-refractivity contribution in [2.24, 2.45) is 0 Å². The molecule has 0 saturated carbocycles. The standard InChI is InChI=1S/C37H39N3O5/c1-25-35(45-37(42)38-24-26-13-5-4-6-14-26)34(39-22-12-11-16-27-15-7-9-18-30(27)39)29-17-8-10-19-31(29)40(25)36(41)28-20-21-32(43-2)33(23-28)44-3/h4-10,13-15,17-21,23,25,34-35H,11-12,16,22,24H2,1-3H3,(H,38,42). The second-order valence-corrected chi connectivity index (χ2v) is 11.5. The molecule has 3 atom stereocenters. The molecule has 3 unspecified atom stereocenters. The van der Waals surface area contributed by atoms with Gasteiger partial charge in [-0.3, -0.25) is 4.79 Å². The van der Waals surface area contributed by atoms with E-state index in [9.17, 15) is 9.59 Å². The fourth-order valence-electron chi connectivity index (χ4n) is 6.62. The van der Waals surface area contributed by atoms with Crippen LogP contribution >= 0.6 is 0 Å². The van der Waals surface area contributed by atoms with Gasteiger partial charge in [0.15, 0.2) is 11.5 Å². The van der Waals surface area contributed by atoms with E-state index >= 15 is 0 Å². The SMILES string of the molecule is COc1ccc(C(=O)N2c3ccccc3C(N3CCCCc4ccccc43)C(OC(=O)NCc3ccccc3)C2C)cc1OC. The maximum atomic E-state index is 14.4. The molecule has 2 aliphatic rings. The summed E-state index contributed by atoms with van der Waals surface area (Å²) in [5.74, 6) is 0.787. The molecule has 1 N–H and O–H groups in total. The first kappa shape index (κ1) is 30.1. The van der Waals surface area contributed by atoms with E-state index in [1.165, 1.54) is 5.56 Å². The number of ether oxygens (including phenoxy) is 3. The Kier molecular flexibility index (Phi) is 8.91. The van der Waals surface area contributed by atoms with Crippen LogP contribution in [0, 0.1) is 0 Å². The summed E-state index contributed by atoms with van der Waals surface area (Å²) in [6.45, 7) is 3.10. The van der Waals surface area contributed by atoms with Crippen LogP contribution < -0.4 is 24.6 Å². The number of anilines is 2. The van der Waals surface area contributed by atoms with Gasteiger partial charge < -0.3 is 29.3 Å². The van der Waals surface area contributed by atoms with Gasteiger partial charge in [0.05, 0.1) is 26.3 Å². The molecule has 2 heterocycles. The molecule has 45 heavy (non-hydrogen) atoms. The van der Waals surface area contributed by atoms with Crippen molar-refractivity contribution in [3.63, 3.8) is 0 Å². The van der Waals surface area contributed by atoms with E-state index in [2.05, 4.69) is 34.5 Å². The molecular formula is C37H39N3O5. The number of hydrogen-bond acceptors (Lipinski definition) is 6. The van der Waals surface area contributed by atoms with Gasteiger partial charge >= 0.3 is 6.09 Å². The Hall–Kier alpha value is -4.98. The molecule has 8 nitrogen and oxygen atoms in total. The van der Waals surface area contributed by atoms with Crippen molar-refractivity contribution in [2.45, 2.75) is 50.9 Å². The van der Waals surface area contributed by atoms with Crippen LogP contribution in [0.1, 0.15) is 52.9 Å². The Morgan fingerprint density at radius 2 is 1.53 bits per heavy atom. The summed E-state index contributed by atoms with van der Waals surface area (Å²) in [6.07, 6.45) is 1.87. The molecule has 0 radical (unpaired) electrons. The average Bonchev–Trinajstić information content (AvgIpc) is 3.30. The third-order valence-electron chi connectivity index (χ3n) is 8.81. The van der Waals surface area contributed by atoms with Crippen LogP contribution in [0.5, 0.6) is 11.5 Å². The smallest absolute Gasteiger partial charge is 0.407 e. The Morgan fingerprint density at radius 3 is 2.31 bits per heavy atom. The Balaban J connectivity index is 1.42. The molecule has 232 valence electrons. The topological polar surface area (TPSA) is 80.3 Å². The summed E-state index contributed by atoms with van der Waals surface area (Å²) in [7, 11) is 3.11. The zero-order chi connectivity index (χ0) is 31.3. The monoisotopic (exact) mass is 605 g/mol. The minimum atomic E-state index is -0.675. The molecule has 0 aliphatic carbocycles. The highest BCUT2D eigenvalue weighted by Crippen LogP contribution is 2.46. The van der Waals surface area contributed by atoms with E-state index in [0.717, 1.165) is 48.3 Å². The van der Waals surface area contributed by atoms with E-state index in [-0.39, 0.29) is 11.9 Å². The largest absolute Gasteiger partial charge is 0.493 e. The normalized spacial score (nSPS) is 19.0. The third-order valence-corrected chi connectivity index (χ3v) is 8.81. The summed E-state index contributed by atoms with van der Waals surface area (Å²) < 4.78 is 17.3. The number of fused-ring (bicyclic) bond motifs is 2. The number of para-hydroxylation sites is 2. The summed E-state index contributed by atoms with van der Waals surface area (Å²) in [6, 6.07) is 30.5. The molecule has 0 bridgehead atoms. The zero-order valence-electron chi connectivity index (χ0n) is 25.9. The van der Waals surface area contributed by atoms with Crippen molar-refractivity contribution in [2.75, 3.05) is 30.6 Å². The number of alkyl carbamates (subject to hydrolysis) is 1. The predicted molar refractivity (Wildman–Crippen MR) is 175 cm³/mol. The highest BCUT2D eigenvalue weighted by atomic mass is 16.6. The average molecular weight is 606 g/mol. The van der Waals surface area contributed by atoms with Crippen molar-refractivity contribution in [3.05, 3.63) is 119 Å². The molecule has 6 rings (SSSR count). The van der Waals surface area contributed by atoms with Crippen LogP contribution in [0.4, 0.5) is 16.2 Å². The molecule has 4 aromatic carbocycles. The minimum Gasteiger partial charge on any atom is -0.493 e. The van der Waals surface area contributed by atoms with E-state index in [1.807, 2.05) is 61.5 Å². The number of methoxy groups -OCH3 is 2. The number of nitrogens with zero attached hydrogens (tertiary/aromatic N) is 2. The van der Waals surface area contributed by atoms with Crippen molar-refractivity contribution < 1.29 is 23.8 Å².